The molecule has 0 amide bonds. The predicted molar refractivity (Wildman–Crippen MR) is 77.2 cm³/mol. The lowest BCUT2D eigenvalue weighted by molar-refractivity contribution is 0.474. The second-order valence-electron chi connectivity index (χ2n) is 4.19. The largest absolute Gasteiger partial charge is 0.508 e. The van der Waals surface area contributed by atoms with E-state index in [0.717, 1.165) is 11.1 Å². The van der Waals surface area contributed by atoms with Crippen molar-refractivity contribution in [2.24, 2.45) is 0 Å². The lowest BCUT2D eigenvalue weighted by atomic mass is 10.1. The van der Waals surface area contributed by atoms with E-state index in [1.54, 1.807) is 24.3 Å². The molecule has 0 heterocycles. The molecule has 2 aromatic rings. The van der Waals surface area contributed by atoms with E-state index in [1.807, 2.05) is 18.2 Å². The molecule has 0 spiro atoms. The molecule has 2 N–H and O–H groups in total. The number of nitrogens with one attached hydrogen (secondary N) is 1. The van der Waals surface area contributed by atoms with Crippen LogP contribution in [-0.4, -0.2) is 11.7 Å². The Bertz CT molecular complexity index is 519. The first-order valence-electron chi connectivity index (χ1n) is 5.98. The Morgan fingerprint density at radius 3 is 2.58 bits per heavy atom. The summed E-state index contributed by atoms with van der Waals surface area (Å²) in [6.45, 7) is 1.37. The van der Waals surface area contributed by atoms with Gasteiger partial charge in [-0.3, -0.25) is 0 Å². The Balaban J connectivity index is 0.00000180. The van der Waals surface area contributed by atoms with E-state index in [9.17, 15) is 9.50 Å². The fourth-order valence-corrected chi connectivity index (χ4v) is 1.82. The molecule has 0 aromatic heterocycles. The molecule has 2 rings (SSSR count). The van der Waals surface area contributed by atoms with Crippen LogP contribution in [0.4, 0.5) is 4.39 Å². The van der Waals surface area contributed by atoms with Crippen molar-refractivity contribution in [2.45, 2.75) is 13.0 Å². The monoisotopic (exact) mass is 281 g/mol. The summed E-state index contributed by atoms with van der Waals surface area (Å²) in [6, 6.07) is 13.9. The number of benzene rings is 2. The van der Waals surface area contributed by atoms with E-state index in [0.29, 0.717) is 19.5 Å². The van der Waals surface area contributed by atoms with Crippen LogP contribution in [0.15, 0.2) is 48.5 Å². The zero-order valence-corrected chi connectivity index (χ0v) is 11.3. The van der Waals surface area contributed by atoms with Crippen LogP contribution in [0.1, 0.15) is 11.1 Å². The lowest BCUT2D eigenvalue weighted by Crippen LogP contribution is -2.17. The Kier molecular flexibility index (Phi) is 6.33. The quantitative estimate of drug-likeness (QED) is 0.825. The summed E-state index contributed by atoms with van der Waals surface area (Å²) < 4.78 is 13.3. The maximum atomic E-state index is 13.3. The van der Waals surface area contributed by atoms with Crippen molar-refractivity contribution in [3.63, 3.8) is 0 Å². The Labute approximate surface area is 118 Å². The Morgan fingerprint density at radius 2 is 1.84 bits per heavy atom. The average Bonchev–Trinajstić information content (AvgIpc) is 2.37. The van der Waals surface area contributed by atoms with Gasteiger partial charge in [0, 0.05) is 6.54 Å². The maximum Gasteiger partial charge on any atom is 0.126 e. The normalized spacial score (nSPS) is 9.95. The first-order valence-corrected chi connectivity index (χ1v) is 5.98. The molecule has 0 aliphatic carbocycles. The second-order valence-corrected chi connectivity index (χ2v) is 4.19. The zero-order chi connectivity index (χ0) is 12.8. The number of halogens is 2. The van der Waals surface area contributed by atoms with Gasteiger partial charge < -0.3 is 10.4 Å². The van der Waals surface area contributed by atoms with E-state index < -0.39 is 0 Å². The van der Waals surface area contributed by atoms with Crippen LogP contribution in [0.2, 0.25) is 0 Å². The van der Waals surface area contributed by atoms with Gasteiger partial charge in [0.25, 0.3) is 0 Å². The van der Waals surface area contributed by atoms with E-state index in [4.69, 9.17) is 0 Å². The fourth-order valence-electron chi connectivity index (χ4n) is 1.82. The molecule has 0 saturated carbocycles. The highest BCUT2D eigenvalue weighted by Crippen LogP contribution is 2.10. The van der Waals surface area contributed by atoms with Crippen LogP contribution >= 0.6 is 12.4 Å². The summed E-state index contributed by atoms with van der Waals surface area (Å²) in [5.41, 5.74) is 1.74. The molecule has 2 nitrogen and oxygen atoms in total. The number of aromatic hydroxyl groups is 1. The summed E-state index contributed by atoms with van der Waals surface area (Å²) in [5, 5.41) is 12.5. The van der Waals surface area contributed by atoms with Crippen LogP contribution in [-0.2, 0) is 13.0 Å². The summed E-state index contributed by atoms with van der Waals surface area (Å²) in [7, 11) is 0. The lowest BCUT2D eigenvalue weighted by Gasteiger charge is -2.06. The van der Waals surface area contributed by atoms with Gasteiger partial charge >= 0.3 is 0 Å². The molecule has 4 heteroatoms. The molecular weight excluding hydrogens is 265 g/mol. The third-order valence-electron chi connectivity index (χ3n) is 2.77. The Hall–Kier alpha value is -1.58. The van der Waals surface area contributed by atoms with Crippen molar-refractivity contribution in [3.8, 4) is 5.75 Å². The predicted octanol–water partition coefficient (Wildman–Crippen LogP) is 3.29. The molecule has 0 aliphatic heterocycles. The summed E-state index contributed by atoms with van der Waals surface area (Å²) in [4.78, 5) is 0. The van der Waals surface area contributed by atoms with E-state index in [2.05, 4.69) is 5.32 Å². The molecule has 102 valence electrons. The van der Waals surface area contributed by atoms with Crippen molar-refractivity contribution in [1.82, 2.24) is 5.32 Å². The van der Waals surface area contributed by atoms with Crippen LogP contribution in [0.3, 0.4) is 0 Å². The molecule has 0 atom stereocenters. The van der Waals surface area contributed by atoms with Crippen LogP contribution in [0, 0.1) is 5.82 Å². The Morgan fingerprint density at radius 1 is 1.05 bits per heavy atom. The highest BCUT2D eigenvalue weighted by Gasteiger charge is 2.00. The fraction of sp³-hybridized carbons (Fsp3) is 0.200. The molecule has 0 unspecified atom stereocenters. The van der Waals surface area contributed by atoms with Crippen molar-refractivity contribution >= 4 is 12.4 Å². The molecule has 0 fully saturated rings. The molecule has 19 heavy (non-hydrogen) atoms. The van der Waals surface area contributed by atoms with Gasteiger partial charge in [0.05, 0.1) is 0 Å². The second kappa shape index (κ2) is 7.77. The van der Waals surface area contributed by atoms with Crippen LogP contribution < -0.4 is 5.32 Å². The topological polar surface area (TPSA) is 32.3 Å². The third kappa shape index (κ3) is 4.89. The third-order valence-corrected chi connectivity index (χ3v) is 2.77. The average molecular weight is 282 g/mol. The van der Waals surface area contributed by atoms with Gasteiger partial charge in [0.1, 0.15) is 11.6 Å². The summed E-state index contributed by atoms with van der Waals surface area (Å²) >= 11 is 0. The first-order chi connectivity index (χ1) is 8.75. The van der Waals surface area contributed by atoms with Crippen molar-refractivity contribution < 1.29 is 9.50 Å². The minimum Gasteiger partial charge on any atom is -0.508 e. The number of hydrogen-bond acceptors (Lipinski definition) is 2. The van der Waals surface area contributed by atoms with E-state index in [-0.39, 0.29) is 24.0 Å². The number of hydrogen-bond donors (Lipinski definition) is 2. The minimum atomic E-state index is -0.156. The van der Waals surface area contributed by atoms with Crippen molar-refractivity contribution in [2.75, 3.05) is 6.54 Å². The van der Waals surface area contributed by atoms with Gasteiger partial charge in [0.15, 0.2) is 0 Å². The highest BCUT2D eigenvalue weighted by molar-refractivity contribution is 5.85. The molecule has 0 saturated heterocycles. The number of phenolic OH excluding ortho intramolecular Hbond substituents is 1. The van der Waals surface area contributed by atoms with E-state index in [1.165, 1.54) is 6.07 Å². The summed E-state index contributed by atoms with van der Waals surface area (Å²) in [6.07, 6.45) is 0.658. The smallest absolute Gasteiger partial charge is 0.126 e. The van der Waals surface area contributed by atoms with Crippen molar-refractivity contribution in [1.29, 1.82) is 0 Å². The molecule has 2 aromatic carbocycles. The standard InChI is InChI=1S/C15H16FNO.ClH/c16-15-7-2-1-5-13(15)8-9-17-11-12-4-3-6-14(18)10-12;/h1-7,10,17-18H,8-9,11H2;1H. The number of phenols is 1. The highest BCUT2D eigenvalue weighted by atomic mass is 35.5. The van der Waals surface area contributed by atoms with Gasteiger partial charge in [-0.05, 0) is 42.3 Å². The van der Waals surface area contributed by atoms with Crippen molar-refractivity contribution in [3.05, 3.63) is 65.5 Å². The van der Waals surface area contributed by atoms with Gasteiger partial charge in [0.2, 0.25) is 0 Å². The summed E-state index contributed by atoms with van der Waals surface area (Å²) in [5.74, 6) is 0.111. The maximum absolute atomic E-state index is 13.3. The zero-order valence-electron chi connectivity index (χ0n) is 10.5. The van der Waals surface area contributed by atoms with Gasteiger partial charge in [-0.15, -0.1) is 12.4 Å². The van der Waals surface area contributed by atoms with Crippen LogP contribution in [0.25, 0.3) is 0 Å². The van der Waals surface area contributed by atoms with Gasteiger partial charge in [-0.1, -0.05) is 30.3 Å². The SMILES string of the molecule is Cl.Oc1cccc(CNCCc2ccccc2F)c1. The number of rotatable bonds is 5. The molecular formula is C15H17ClFNO. The van der Waals surface area contributed by atoms with Gasteiger partial charge in [-0.2, -0.15) is 0 Å². The molecule has 0 aliphatic rings. The minimum absolute atomic E-state index is 0. The first kappa shape index (κ1) is 15.5. The van der Waals surface area contributed by atoms with Crippen LogP contribution in [0.5, 0.6) is 5.75 Å². The molecule has 0 bridgehead atoms. The van der Waals surface area contributed by atoms with Gasteiger partial charge in [-0.25, -0.2) is 4.39 Å². The van der Waals surface area contributed by atoms with E-state index >= 15 is 0 Å². The molecule has 0 radical (unpaired) electrons.